The Balaban J connectivity index is 2.13. The number of nitrogens with zero attached hydrogens (tertiary/aromatic N) is 1. The van der Waals surface area contributed by atoms with Crippen LogP contribution in [-0.4, -0.2) is 43.9 Å². The summed E-state index contributed by atoms with van der Waals surface area (Å²) < 4.78 is 5.17. The zero-order valence-electron chi connectivity index (χ0n) is 10.6. The van der Waals surface area contributed by atoms with Gasteiger partial charge in [0.15, 0.2) is 0 Å². The third-order valence-corrected chi connectivity index (χ3v) is 3.72. The van der Waals surface area contributed by atoms with Crippen LogP contribution in [0.25, 0.3) is 0 Å². The van der Waals surface area contributed by atoms with E-state index in [1.165, 1.54) is 5.56 Å². The first kappa shape index (κ1) is 12.4. The summed E-state index contributed by atoms with van der Waals surface area (Å²) in [7, 11) is 3.80. The van der Waals surface area contributed by atoms with Crippen LogP contribution in [0.4, 0.5) is 0 Å². The maximum Gasteiger partial charge on any atom is 0.118 e. The van der Waals surface area contributed by atoms with Crippen LogP contribution in [0.15, 0.2) is 24.3 Å². The molecule has 0 spiro atoms. The lowest BCUT2D eigenvalue weighted by Gasteiger charge is -2.36. The molecule has 2 atom stereocenters. The fourth-order valence-corrected chi connectivity index (χ4v) is 2.69. The fourth-order valence-electron chi connectivity index (χ4n) is 2.69. The summed E-state index contributed by atoms with van der Waals surface area (Å²) in [5.41, 5.74) is 1.32. The maximum atomic E-state index is 9.49. The van der Waals surface area contributed by atoms with Crippen LogP contribution in [-0.2, 0) is 0 Å². The first-order valence-corrected chi connectivity index (χ1v) is 6.18. The maximum absolute atomic E-state index is 9.49. The highest BCUT2D eigenvalue weighted by atomic mass is 16.5. The van der Waals surface area contributed by atoms with Crippen LogP contribution in [0, 0.1) is 5.92 Å². The predicted octanol–water partition coefficient (Wildman–Crippen LogP) is 1.72. The Morgan fingerprint density at radius 2 is 2.06 bits per heavy atom. The molecule has 17 heavy (non-hydrogen) atoms. The highest BCUT2D eigenvalue weighted by molar-refractivity contribution is 5.30. The third kappa shape index (κ3) is 2.79. The molecule has 1 heterocycles. The lowest BCUT2D eigenvalue weighted by molar-refractivity contribution is 0.118. The summed E-state index contributed by atoms with van der Waals surface area (Å²) in [6.07, 6.45) is 1.12. The van der Waals surface area contributed by atoms with Crippen LogP contribution >= 0.6 is 0 Å². The van der Waals surface area contributed by atoms with Gasteiger partial charge in [0.1, 0.15) is 5.75 Å². The Kier molecular flexibility index (Phi) is 4.02. The second kappa shape index (κ2) is 5.52. The van der Waals surface area contributed by atoms with Gasteiger partial charge < -0.3 is 14.7 Å². The van der Waals surface area contributed by atoms with E-state index in [-0.39, 0.29) is 6.61 Å². The molecule has 0 unspecified atom stereocenters. The number of hydrogen-bond acceptors (Lipinski definition) is 3. The van der Waals surface area contributed by atoms with E-state index in [4.69, 9.17) is 4.74 Å². The zero-order chi connectivity index (χ0) is 12.3. The molecule has 0 amide bonds. The predicted molar refractivity (Wildman–Crippen MR) is 68.4 cm³/mol. The molecule has 3 nitrogen and oxygen atoms in total. The summed E-state index contributed by atoms with van der Waals surface area (Å²) in [4.78, 5) is 2.29. The van der Waals surface area contributed by atoms with Gasteiger partial charge in [0.2, 0.25) is 0 Å². The Bertz CT molecular complexity index is 350. The van der Waals surface area contributed by atoms with Gasteiger partial charge in [-0.1, -0.05) is 12.1 Å². The second-order valence-electron chi connectivity index (χ2n) is 4.87. The van der Waals surface area contributed by atoms with Gasteiger partial charge in [-0.25, -0.2) is 0 Å². The van der Waals surface area contributed by atoms with E-state index in [9.17, 15) is 5.11 Å². The third-order valence-electron chi connectivity index (χ3n) is 3.72. The number of piperidine rings is 1. The minimum absolute atomic E-state index is 0.265. The van der Waals surface area contributed by atoms with Crippen LogP contribution in [0.2, 0.25) is 0 Å². The van der Waals surface area contributed by atoms with Crippen molar-refractivity contribution in [3.05, 3.63) is 29.8 Å². The van der Waals surface area contributed by atoms with Crippen LogP contribution in [0.1, 0.15) is 17.9 Å². The molecule has 1 aliphatic rings. The van der Waals surface area contributed by atoms with Crippen LogP contribution in [0.3, 0.4) is 0 Å². The summed E-state index contributed by atoms with van der Waals surface area (Å²) in [6.45, 7) is 2.35. The van der Waals surface area contributed by atoms with E-state index in [1.807, 2.05) is 12.1 Å². The number of hydrogen-bond donors (Lipinski definition) is 1. The molecule has 2 rings (SSSR count). The average Bonchev–Trinajstić information content (AvgIpc) is 2.39. The number of ether oxygens (including phenoxy) is 1. The van der Waals surface area contributed by atoms with Crippen molar-refractivity contribution < 1.29 is 9.84 Å². The Labute approximate surface area is 103 Å². The Hall–Kier alpha value is -1.06. The second-order valence-corrected chi connectivity index (χ2v) is 4.87. The number of benzene rings is 1. The smallest absolute Gasteiger partial charge is 0.118 e. The summed E-state index contributed by atoms with van der Waals surface area (Å²) >= 11 is 0. The molecule has 0 radical (unpaired) electrons. The fraction of sp³-hybridized carbons (Fsp3) is 0.571. The van der Waals surface area contributed by atoms with Crippen molar-refractivity contribution in [2.45, 2.75) is 12.3 Å². The van der Waals surface area contributed by atoms with Gasteiger partial charge in [0, 0.05) is 19.1 Å². The number of rotatable bonds is 3. The van der Waals surface area contributed by atoms with Crippen molar-refractivity contribution >= 4 is 0 Å². The number of aliphatic hydroxyl groups excluding tert-OH is 1. The molecule has 1 aromatic rings. The van der Waals surface area contributed by atoms with Crippen molar-refractivity contribution in [3.63, 3.8) is 0 Å². The molecule has 0 bridgehead atoms. The van der Waals surface area contributed by atoms with E-state index >= 15 is 0 Å². The molecule has 0 aromatic heterocycles. The molecule has 1 N–H and O–H groups in total. The van der Waals surface area contributed by atoms with Crippen molar-refractivity contribution in [1.29, 1.82) is 0 Å². The monoisotopic (exact) mass is 235 g/mol. The molecule has 1 fully saturated rings. The van der Waals surface area contributed by atoms with Gasteiger partial charge >= 0.3 is 0 Å². The van der Waals surface area contributed by atoms with Gasteiger partial charge in [-0.2, -0.15) is 0 Å². The molecule has 1 saturated heterocycles. The van der Waals surface area contributed by atoms with Gasteiger partial charge in [0.05, 0.1) is 7.11 Å². The van der Waals surface area contributed by atoms with Gasteiger partial charge in [-0.05, 0) is 43.6 Å². The van der Waals surface area contributed by atoms with Gasteiger partial charge in [0.25, 0.3) is 0 Å². The molecule has 0 aliphatic carbocycles. The number of likely N-dealkylation sites (tertiary alicyclic amines) is 1. The van der Waals surface area contributed by atoms with Crippen molar-refractivity contribution in [2.24, 2.45) is 5.92 Å². The lowest BCUT2D eigenvalue weighted by atomic mass is 9.81. The Morgan fingerprint density at radius 1 is 1.35 bits per heavy atom. The summed E-state index contributed by atoms with van der Waals surface area (Å²) in [5, 5.41) is 9.49. The topological polar surface area (TPSA) is 32.7 Å². The molecule has 3 heteroatoms. The van der Waals surface area contributed by atoms with E-state index in [1.54, 1.807) is 7.11 Å². The van der Waals surface area contributed by atoms with Crippen molar-refractivity contribution in [2.75, 3.05) is 33.9 Å². The minimum atomic E-state index is 0.265. The molecular formula is C14H21NO2. The first-order chi connectivity index (χ1) is 8.24. The molecule has 94 valence electrons. The highest BCUT2D eigenvalue weighted by Crippen LogP contribution is 2.33. The molecule has 0 saturated carbocycles. The first-order valence-electron chi connectivity index (χ1n) is 6.18. The number of aliphatic hydroxyl groups is 1. The van der Waals surface area contributed by atoms with Crippen LogP contribution in [0.5, 0.6) is 5.75 Å². The normalized spacial score (nSPS) is 25.8. The van der Waals surface area contributed by atoms with Gasteiger partial charge in [-0.3, -0.25) is 0 Å². The lowest BCUT2D eigenvalue weighted by Crippen LogP contribution is -2.38. The highest BCUT2D eigenvalue weighted by Gasteiger charge is 2.28. The quantitative estimate of drug-likeness (QED) is 0.866. The van der Waals surface area contributed by atoms with E-state index < -0.39 is 0 Å². The largest absolute Gasteiger partial charge is 0.497 e. The minimum Gasteiger partial charge on any atom is -0.497 e. The summed E-state index contributed by atoms with van der Waals surface area (Å²) in [5.74, 6) is 1.71. The van der Waals surface area contributed by atoms with E-state index in [0.717, 1.165) is 25.3 Å². The SMILES string of the molecule is COc1ccc([C@H]2CCN(C)C[C@@H]2CO)cc1. The van der Waals surface area contributed by atoms with E-state index in [2.05, 4.69) is 24.1 Å². The molecule has 1 aromatic carbocycles. The zero-order valence-corrected chi connectivity index (χ0v) is 10.6. The Morgan fingerprint density at radius 3 is 2.65 bits per heavy atom. The average molecular weight is 235 g/mol. The van der Waals surface area contributed by atoms with E-state index in [0.29, 0.717) is 11.8 Å². The summed E-state index contributed by atoms with van der Waals surface area (Å²) in [6, 6.07) is 8.25. The molecular weight excluding hydrogens is 214 g/mol. The van der Waals surface area contributed by atoms with Crippen molar-refractivity contribution in [1.82, 2.24) is 4.90 Å². The van der Waals surface area contributed by atoms with Gasteiger partial charge in [-0.15, -0.1) is 0 Å². The van der Waals surface area contributed by atoms with Crippen LogP contribution < -0.4 is 4.74 Å². The standard InChI is InChI=1S/C14H21NO2/c1-15-8-7-14(12(9-15)10-16)11-3-5-13(17-2)6-4-11/h3-6,12,14,16H,7-10H2,1-2H3/t12-,14-/m1/s1. The number of methoxy groups -OCH3 is 1. The van der Waals surface area contributed by atoms with Crippen molar-refractivity contribution in [3.8, 4) is 5.75 Å². The molecule has 1 aliphatic heterocycles.